The highest BCUT2D eigenvalue weighted by Crippen LogP contribution is 2.33. The van der Waals surface area contributed by atoms with Crippen molar-refractivity contribution in [3.8, 4) is 0 Å². The Morgan fingerprint density at radius 3 is 2.57 bits per heavy atom. The van der Waals surface area contributed by atoms with Gasteiger partial charge in [-0.3, -0.25) is 4.98 Å². The maximum absolute atomic E-state index is 12.5. The standard InChI is InChI=1S/C14H20BrN3O2S/c1-18-12-3-2-4-13(18)7-11(6-12)17-21(19,20)14-5-10(15)8-16-9-14/h5,8-9,11-13,17H,2-4,6-7H2,1H3. The molecular weight excluding hydrogens is 354 g/mol. The summed E-state index contributed by atoms with van der Waals surface area (Å²) in [5.41, 5.74) is 0. The molecule has 7 heteroatoms. The molecule has 0 amide bonds. The molecule has 0 saturated carbocycles. The van der Waals surface area contributed by atoms with E-state index < -0.39 is 10.0 Å². The Morgan fingerprint density at radius 1 is 1.29 bits per heavy atom. The zero-order valence-corrected chi connectivity index (χ0v) is 14.4. The maximum atomic E-state index is 12.5. The number of nitrogens with one attached hydrogen (secondary N) is 1. The highest BCUT2D eigenvalue weighted by molar-refractivity contribution is 9.10. The van der Waals surface area contributed by atoms with Crippen LogP contribution in [0, 0.1) is 0 Å². The summed E-state index contributed by atoms with van der Waals surface area (Å²) in [5.74, 6) is 0. The number of pyridine rings is 1. The quantitative estimate of drug-likeness (QED) is 0.881. The monoisotopic (exact) mass is 373 g/mol. The van der Waals surface area contributed by atoms with Crippen molar-refractivity contribution in [2.75, 3.05) is 7.05 Å². The van der Waals surface area contributed by atoms with Crippen molar-refractivity contribution in [2.45, 2.75) is 55.1 Å². The van der Waals surface area contributed by atoms with Crippen molar-refractivity contribution in [2.24, 2.45) is 0 Å². The second-order valence-corrected chi connectivity index (χ2v) is 8.66. The second-order valence-electron chi connectivity index (χ2n) is 6.03. The van der Waals surface area contributed by atoms with E-state index in [-0.39, 0.29) is 10.9 Å². The first-order chi connectivity index (χ1) is 9.95. The normalized spacial score (nSPS) is 30.3. The molecule has 3 heterocycles. The summed E-state index contributed by atoms with van der Waals surface area (Å²) in [6, 6.07) is 2.63. The van der Waals surface area contributed by atoms with E-state index in [2.05, 4.69) is 37.6 Å². The summed E-state index contributed by atoms with van der Waals surface area (Å²) in [5, 5.41) is 0. The van der Waals surface area contributed by atoms with Gasteiger partial charge in [0.25, 0.3) is 0 Å². The number of nitrogens with zero attached hydrogens (tertiary/aromatic N) is 2. The Balaban J connectivity index is 1.74. The average Bonchev–Trinajstić information content (AvgIpc) is 2.40. The molecule has 2 aliphatic rings. The summed E-state index contributed by atoms with van der Waals surface area (Å²) < 4.78 is 28.5. The third-order valence-electron chi connectivity index (χ3n) is 4.65. The van der Waals surface area contributed by atoms with E-state index in [9.17, 15) is 8.42 Å². The van der Waals surface area contributed by atoms with Crippen LogP contribution in [0.4, 0.5) is 0 Å². The van der Waals surface area contributed by atoms with Gasteiger partial charge < -0.3 is 4.90 Å². The van der Waals surface area contributed by atoms with Gasteiger partial charge >= 0.3 is 0 Å². The van der Waals surface area contributed by atoms with Gasteiger partial charge in [0, 0.05) is 35.0 Å². The van der Waals surface area contributed by atoms with Crippen LogP contribution >= 0.6 is 15.9 Å². The van der Waals surface area contributed by atoms with Gasteiger partial charge in [0.05, 0.1) is 0 Å². The van der Waals surface area contributed by atoms with E-state index >= 15 is 0 Å². The first-order valence-corrected chi connectivity index (χ1v) is 9.58. The molecule has 0 radical (unpaired) electrons. The smallest absolute Gasteiger partial charge is 0.242 e. The molecule has 0 spiro atoms. The molecule has 0 aromatic carbocycles. The van der Waals surface area contributed by atoms with Gasteiger partial charge in [-0.2, -0.15) is 0 Å². The predicted octanol–water partition coefficient (Wildman–Crippen LogP) is 2.14. The SMILES string of the molecule is CN1C2CCCC1CC(NS(=O)(=O)c1cncc(Br)c1)C2. The van der Waals surface area contributed by atoms with Gasteiger partial charge in [0.15, 0.2) is 0 Å². The fourth-order valence-corrected chi connectivity index (χ4v) is 5.30. The Kier molecular flexibility index (Phi) is 4.36. The van der Waals surface area contributed by atoms with Gasteiger partial charge in [-0.15, -0.1) is 0 Å². The highest BCUT2D eigenvalue weighted by Gasteiger charge is 2.37. The van der Waals surface area contributed by atoms with Crippen molar-refractivity contribution >= 4 is 26.0 Å². The summed E-state index contributed by atoms with van der Waals surface area (Å²) in [7, 11) is -1.33. The Labute approximate surface area is 134 Å². The summed E-state index contributed by atoms with van der Waals surface area (Å²) >= 11 is 3.27. The van der Waals surface area contributed by atoms with Gasteiger partial charge in [0.1, 0.15) is 4.90 Å². The number of hydrogen-bond donors (Lipinski definition) is 1. The number of hydrogen-bond acceptors (Lipinski definition) is 4. The maximum Gasteiger partial charge on any atom is 0.242 e. The molecule has 2 bridgehead atoms. The molecule has 1 aromatic rings. The molecule has 1 aromatic heterocycles. The van der Waals surface area contributed by atoms with Crippen LogP contribution in [0.25, 0.3) is 0 Å². The predicted molar refractivity (Wildman–Crippen MR) is 84.5 cm³/mol. The van der Waals surface area contributed by atoms with Crippen LogP contribution in [0.5, 0.6) is 0 Å². The van der Waals surface area contributed by atoms with Crippen molar-refractivity contribution in [3.63, 3.8) is 0 Å². The van der Waals surface area contributed by atoms with E-state index in [0.29, 0.717) is 16.6 Å². The molecule has 21 heavy (non-hydrogen) atoms. The summed E-state index contributed by atoms with van der Waals surface area (Å²) in [6.07, 6.45) is 8.37. The van der Waals surface area contributed by atoms with Crippen LogP contribution in [0.3, 0.4) is 0 Å². The van der Waals surface area contributed by atoms with E-state index in [1.807, 2.05) is 0 Å². The largest absolute Gasteiger partial charge is 0.300 e. The first-order valence-electron chi connectivity index (χ1n) is 7.30. The van der Waals surface area contributed by atoms with E-state index in [1.54, 1.807) is 12.3 Å². The van der Waals surface area contributed by atoms with E-state index in [4.69, 9.17) is 0 Å². The summed E-state index contributed by atoms with van der Waals surface area (Å²) in [4.78, 5) is 6.59. The number of aromatic nitrogens is 1. The summed E-state index contributed by atoms with van der Waals surface area (Å²) in [6.45, 7) is 0. The fraction of sp³-hybridized carbons (Fsp3) is 0.643. The molecule has 5 nitrogen and oxygen atoms in total. The third-order valence-corrected chi connectivity index (χ3v) is 6.57. The molecule has 2 aliphatic heterocycles. The molecule has 3 rings (SSSR count). The molecule has 116 valence electrons. The topological polar surface area (TPSA) is 62.3 Å². The molecule has 1 N–H and O–H groups in total. The zero-order valence-electron chi connectivity index (χ0n) is 12.0. The molecule has 2 saturated heterocycles. The van der Waals surface area contributed by atoms with Crippen LogP contribution in [-0.2, 0) is 10.0 Å². The second kappa shape index (κ2) is 5.95. The fourth-order valence-electron chi connectivity index (χ4n) is 3.54. The lowest BCUT2D eigenvalue weighted by Crippen LogP contribution is -2.55. The van der Waals surface area contributed by atoms with Crippen molar-refractivity contribution in [3.05, 3.63) is 22.9 Å². The van der Waals surface area contributed by atoms with Gasteiger partial charge in [-0.25, -0.2) is 13.1 Å². The Morgan fingerprint density at radius 2 is 1.95 bits per heavy atom. The number of halogens is 1. The van der Waals surface area contributed by atoms with Crippen molar-refractivity contribution in [1.82, 2.24) is 14.6 Å². The lowest BCUT2D eigenvalue weighted by Gasteiger charge is -2.47. The van der Waals surface area contributed by atoms with Crippen LogP contribution < -0.4 is 4.72 Å². The number of fused-ring (bicyclic) bond motifs is 2. The third kappa shape index (κ3) is 3.31. The Hall–Kier alpha value is -0.500. The number of sulfonamides is 1. The lowest BCUT2D eigenvalue weighted by molar-refractivity contribution is 0.0536. The molecular formula is C14H20BrN3O2S. The van der Waals surface area contributed by atoms with Crippen LogP contribution in [0.1, 0.15) is 32.1 Å². The minimum atomic E-state index is -3.49. The van der Waals surface area contributed by atoms with Crippen LogP contribution in [0.2, 0.25) is 0 Å². The van der Waals surface area contributed by atoms with Crippen LogP contribution in [0.15, 0.2) is 27.8 Å². The number of piperidine rings is 2. The minimum absolute atomic E-state index is 0.0282. The first kappa shape index (κ1) is 15.4. The zero-order chi connectivity index (χ0) is 15.0. The van der Waals surface area contributed by atoms with Gasteiger partial charge in [-0.1, -0.05) is 6.42 Å². The van der Waals surface area contributed by atoms with Crippen molar-refractivity contribution < 1.29 is 8.42 Å². The minimum Gasteiger partial charge on any atom is -0.300 e. The molecule has 0 aliphatic carbocycles. The lowest BCUT2D eigenvalue weighted by atomic mass is 9.83. The number of rotatable bonds is 3. The highest BCUT2D eigenvalue weighted by atomic mass is 79.9. The van der Waals surface area contributed by atoms with Crippen LogP contribution in [-0.4, -0.2) is 43.5 Å². The van der Waals surface area contributed by atoms with Gasteiger partial charge in [0.2, 0.25) is 10.0 Å². The van der Waals surface area contributed by atoms with Crippen molar-refractivity contribution in [1.29, 1.82) is 0 Å². The van der Waals surface area contributed by atoms with E-state index in [0.717, 1.165) is 12.8 Å². The Bertz CT molecular complexity index is 608. The van der Waals surface area contributed by atoms with Gasteiger partial charge in [-0.05, 0) is 54.7 Å². The molecule has 2 atom stereocenters. The molecule has 2 fully saturated rings. The van der Waals surface area contributed by atoms with E-state index in [1.165, 1.54) is 25.5 Å². The average molecular weight is 374 g/mol. The molecule has 2 unspecified atom stereocenters.